The number of rotatable bonds is 1. The van der Waals surface area contributed by atoms with E-state index in [1.165, 1.54) is 5.56 Å². The maximum absolute atomic E-state index is 11.9. The second-order valence-corrected chi connectivity index (χ2v) is 6.30. The number of carbonyl (C=O) groups is 1. The second-order valence-electron chi connectivity index (χ2n) is 6.30. The Kier molecular flexibility index (Phi) is 3.75. The molecule has 5 nitrogen and oxygen atoms in total. The minimum absolute atomic E-state index is 0.150. The molecule has 0 spiro atoms. The van der Waals surface area contributed by atoms with E-state index in [0.717, 1.165) is 5.56 Å². The van der Waals surface area contributed by atoms with E-state index in [1.807, 2.05) is 45.0 Å². The molecular formula is C18H18N4O. The summed E-state index contributed by atoms with van der Waals surface area (Å²) in [6.07, 6.45) is 0. The zero-order valence-electron chi connectivity index (χ0n) is 13.4. The van der Waals surface area contributed by atoms with Crippen LogP contribution in [0, 0.1) is 18.8 Å². The molecule has 2 amide bonds. The van der Waals surface area contributed by atoms with Crippen molar-refractivity contribution in [3.05, 3.63) is 53.2 Å². The number of hydrogen-bond donors (Lipinski definition) is 1. The number of nitrogens with zero attached hydrogens (tertiary/aromatic N) is 3. The highest BCUT2D eigenvalue weighted by atomic mass is 16.2. The molecule has 0 bridgehead atoms. The third-order valence-electron chi connectivity index (χ3n) is 3.52. The first-order valence-electron chi connectivity index (χ1n) is 7.45. The quantitative estimate of drug-likeness (QED) is 0.824. The van der Waals surface area contributed by atoms with Gasteiger partial charge in [0.05, 0.1) is 12.1 Å². The summed E-state index contributed by atoms with van der Waals surface area (Å²) in [5, 5.41) is 11.1. The van der Waals surface area contributed by atoms with E-state index in [0.29, 0.717) is 18.1 Å². The van der Waals surface area contributed by atoms with Gasteiger partial charge in [0, 0.05) is 5.56 Å². The van der Waals surface area contributed by atoms with Crippen LogP contribution in [0.25, 0.3) is 0 Å². The molecule has 2 heterocycles. The number of aromatic nitrogens is 2. The van der Waals surface area contributed by atoms with Crippen molar-refractivity contribution in [3.8, 4) is 11.8 Å². The first-order chi connectivity index (χ1) is 10.9. The van der Waals surface area contributed by atoms with Crippen LogP contribution in [0.5, 0.6) is 0 Å². The van der Waals surface area contributed by atoms with Gasteiger partial charge in [-0.3, -0.25) is 4.90 Å². The lowest BCUT2D eigenvalue weighted by atomic mass is 10.1. The monoisotopic (exact) mass is 306 g/mol. The van der Waals surface area contributed by atoms with Crippen molar-refractivity contribution in [2.45, 2.75) is 26.3 Å². The Hall–Kier alpha value is -2.87. The van der Waals surface area contributed by atoms with Crippen LogP contribution in [0.15, 0.2) is 36.4 Å². The molecule has 1 aliphatic heterocycles. The molecule has 0 atom stereocenters. The Morgan fingerprint density at radius 2 is 2.00 bits per heavy atom. The van der Waals surface area contributed by atoms with Gasteiger partial charge in [0.2, 0.25) is 0 Å². The van der Waals surface area contributed by atoms with Gasteiger partial charge >= 0.3 is 6.03 Å². The molecule has 1 fully saturated rings. The van der Waals surface area contributed by atoms with E-state index >= 15 is 0 Å². The van der Waals surface area contributed by atoms with E-state index < -0.39 is 0 Å². The SMILES string of the molecule is Cc1cccc(C#Cc2ccc(N3CC(C)(C)NC3=O)nn2)c1. The van der Waals surface area contributed by atoms with Crippen LogP contribution in [0.2, 0.25) is 0 Å². The normalized spacial score (nSPS) is 15.8. The average molecular weight is 306 g/mol. The molecule has 23 heavy (non-hydrogen) atoms. The molecular weight excluding hydrogens is 288 g/mol. The van der Waals surface area contributed by atoms with Gasteiger partial charge in [-0.15, -0.1) is 10.2 Å². The average Bonchev–Trinajstić information content (AvgIpc) is 2.79. The third kappa shape index (κ3) is 3.49. The van der Waals surface area contributed by atoms with Crippen molar-refractivity contribution in [2.24, 2.45) is 0 Å². The number of nitrogens with one attached hydrogen (secondary N) is 1. The summed E-state index contributed by atoms with van der Waals surface area (Å²) < 4.78 is 0. The van der Waals surface area contributed by atoms with Crippen LogP contribution in [0.4, 0.5) is 10.6 Å². The molecule has 2 aromatic rings. The molecule has 3 rings (SSSR count). The van der Waals surface area contributed by atoms with E-state index in [2.05, 4.69) is 27.4 Å². The molecule has 116 valence electrons. The minimum Gasteiger partial charge on any atom is -0.331 e. The lowest BCUT2D eigenvalue weighted by molar-refractivity contribution is 0.248. The van der Waals surface area contributed by atoms with Gasteiger partial charge in [0.1, 0.15) is 5.69 Å². The lowest BCUT2D eigenvalue weighted by Crippen LogP contribution is -2.36. The van der Waals surface area contributed by atoms with E-state index in [9.17, 15) is 4.79 Å². The van der Waals surface area contributed by atoms with E-state index in [1.54, 1.807) is 17.0 Å². The zero-order valence-corrected chi connectivity index (χ0v) is 13.4. The Morgan fingerprint density at radius 3 is 2.61 bits per heavy atom. The topological polar surface area (TPSA) is 58.1 Å². The second kappa shape index (κ2) is 5.73. The van der Waals surface area contributed by atoms with Crippen molar-refractivity contribution in [2.75, 3.05) is 11.4 Å². The van der Waals surface area contributed by atoms with E-state index in [-0.39, 0.29) is 11.6 Å². The number of anilines is 1. The predicted octanol–water partition coefficient (Wildman–Crippen LogP) is 2.49. The summed E-state index contributed by atoms with van der Waals surface area (Å²) in [5.74, 6) is 6.59. The summed E-state index contributed by atoms with van der Waals surface area (Å²) in [4.78, 5) is 13.5. The summed E-state index contributed by atoms with van der Waals surface area (Å²) in [6.45, 7) is 6.54. The number of carbonyl (C=O) groups excluding carboxylic acids is 1. The van der Waals surface area contributed by atoms with Crippen molar-refractivity contribution < 1.29 is 4.79 Å². The van der Waals surface area contributed by atoms with Gasteiger partial charge < -0.3 is 5.32 Å². The molecule has 1 aliphatic rings. The molecule has 0 aliphatic carbocycles. The zero-order chi connectivity index (χ0) is 16.4. The minimum atomic E-state index is -0.261. The van der Waals surface area contributed by atoms with Crippen molar-refractivity contribution in [1.82, 2.24) is 15.5 Å². The van der Waals surface area contributed by atoms with Gasteiger partial charge in [-0.2, -0.15) is 0 Å². The third-order valence-corrected chi connectivity index (χ3v) is 3.52. The maximum atomic E-state index is 11.9. The van der Waals surface area contributed by atoms with Crippen molar-refractivity contribution in [1.29, 1.82) is 0 Å². The van der Waals surface area contributed by atoms with Crippen molar-refractivity contribution >= 4 is 11.8 Å². The number of hydrogen-bond acceptors (Lipinski definition) is 3. The summed E-state index contributed by atoms with van der Waals surface area (Å²) in [6, 6.07) is 11.4. The van der Waals surface area contributed by atoms with Crippen LogP contribution < -0.4 is 10.2 Å². The smallest absolute Gasteiger partial charge is 0.323 e. The highest BCUT2D eigenvalue weighted by Gasteiger charge is 2.36. The fraction of sp³-hybridized carbons (Fsp3) is 0.278. The van der Waals surface area contributed by atoms with Gasteiger partial charge in [-0.1, -0.05) is 18.1 Å². The number of aryl methyl sites for hydroxylation is 1. The Labute approximate surface area is 135 Å². The molecule has 0 radical (unpaired) electrons. The highest BCUT2D eigenvalue weighted by molar-refractivity contribution is 5.94. The Balaban J connectivity index is 1.77. The summed E-state index contributed by atoms with van der Waals surface area (Å²) >= 11 is 0. The first kappa shape index (κ1) is 15.0. The predicted molar refractivity (Wildman–Crippen MR) is 89.1 cm³/mol. The largest absolute Gasteiger partial charge is 0.331 e. The lowest BCUT2D eigenvalue weighted by Gasteiger charge is -2.16. The molecule has 0 unspecified atom stereocenters. The highest BCUT2D eigenvalue weighted by Crippen LogP contribution is 2.20. The molecule has 0 saturated carbocycles. The number of benzene rings is 1. The standard InChI is InChI=1S/C18H18N4O/c1-13-5-4-6-14(11-13)7-8-15-9-10-16(21-20-15)22-12-18(2,3)19-17(22)23/h4-6,9-11H,12H2,1-3H3,(H,19,23). The Morgan fingerprint density at radius 1 is 1.17 bits per heavy atom. The molecule has 1 saturated heterocycles. The van der Waals surface area contributed by atoms with Gasteiger partial charge in [0.15, 0.2) is 5.82 Å². The summed E-state index contributed by atoms with van der Waals surface area (Å²) in [5.41, 5.74) is 2.43. The maximum Gasteiger partial charge on any atom is 0.323 e. The van der Waals surface area contributed by atoms with Gasteiger partial charge in [0.25, 0.3) is 0 Å². The fourth-order valence-corrected chi connectivity index (χ4v) is 2.44. The molecule has 1 aromatic carbocycles. The fourth-order valence-electron chi connectivity index (χ4n) is 2.44. The van der Waals surface area contributed by atoms with Crippen LogP contribution in [-0.4, -0.2) is 28.3 Å². The van der Waals surface area contributed by atoms with Crippen LogP contribution >= 0.6 is 0 Å². The van der Waals surface area contributed by atoms with E-state index in [4.69, 9.17) is 0 Å². The summed E-state index contributed by atoms with van der Waals surface area (Å²) in [7, 11) is 0. The first-order valence-corrected chi connectivity index (χ1v) is 7.45. The molecule has 5 heteroatoms. The number of urea groups is 1. The molecule has 1 aromatic heterocycles. The Bertz CT molecular complexity index is 800. The van der Waals surface area contributed by atoms with Crippen molar-refractivity contribution in [3.63, 3.8) is 0 Å². The van der Waals surface area contributed by atoms with Gasteiger partial charge in [-0.25, -0.2) is 4.79 Å². The van der Waals surface area contributed by atoms with Gasteiger partial charge in [-0.05, 0) is 56.5 Å². The molecule has 1 N–H and O–H groups in total. The number of amides is 2. The van der Waals surface area contributed by atoms with Crippen LogP contribution in [0.1, 0.15) is 30.7 Å². The van der Waals surface area contributed by atoms with Crippen LogP contribution in [-0.2, 0) is 0 Å². The van der Waals surface area contributed by atoms with Crippen LogP contribution in [0.3, 0.4) is 0 Å².